The van der Waals surface area contributed by atoms with Crippen LogP contribution in [0.25, 0.3) is 0 Å². The number of nitro groups is 1. The van der Waals surface area contributed by atoms with Crippen molar-refractivity contribution in [3.63, 3.8) is 0 Å². The fraction of sp³-hybridized carbons (Fsp3) is 0. The molecule has 0 unspecified atom stereocenters. The monoisotopic (exact) mass is 370 g/mol. The number of benzene rings is 3. The molecule has 0 aliphatic rings. The van der Waals surface area contributed by atoms with E-state index in [0.29, 0.717) is 11.5 Å². The van der Waals surface area contributed by atoms with Crippen molar-refractivity contribution < 1.29 is 18.1 Å². The number of sulfonamides is 1. The van der Waals surface area contributed by atoms with E-state index in [4.69, 9.17) is 4.74 Å². The Morgan fingerprint density at radius 2 is 1.50 bits per heavy atom. The number of anilines is 1. The van der Waals surface area contributed by atoms with E-state index in [1.165, 1.54) is 30.3 Å². The topological polar surface area (TPSA) is 98.5 Å². The zero-order chi connectivity index (χ0) is 18.6. The van der Waals surface area contributed by atoms with E-state index in [2.05, 4.69) is 4.72 Å². The lowest BCUT2D eigenvalue weighted by molar-refractivity contribution is -0.387. The van der Waals surface area contributed by atoms with E-state index in [-0.39, 0.29) is 5.69 Å². The third kappa shape index (κ3) is 3.98. The first-order chi connectivity index (χ1) is 12.5. The summed E-state index contributed by atoms with van der Waals surface area (Å²) in [6.07, 6.45) is 0. The summed E-state index contributed by atoms with van der Waals surface area (Å²) in [4.78, 5) is 9.94. The van der Waals surface area contributed by atoms with Gasteiger partial charge in [0.25, 0.3) is 15.7 Å². The van der Waals surface area contributed by atoms with Crippen molar-refractivity contribution in [3.8, 4) is 11.5 Å². The number of ether oxygens (including phenoxy) is 1. The maximum absolute atomic E-state index is 12.5. The van der Waals surface area contributed by atoms with E-state index in [0.717, 1.165) is 6.07 Å². The minimum absolute atomic E-state index is 0.233. The summed E-state index contributed by atoms with van der Waals surface area (Å²) in [5, 5.41) is 11.1. The Hall–Kier alpha value is -3.39. The molecule has 0 saturated heterocycles. The van der Waals surface area contributed by atoms with Crippen molar-refractivity contribution in [1.82, 2.24) is 0 Å². The minimum Gasteiger partial charge on any atom is -0.457 e. The van der Waals surface area contributed by atoms with Crippen LogP contribution in [0.4, 0.5) is 11.4 Å². The van der Waals surface area contributed by atoms with Crippen molar-refractivity contribution in [1.29, 1.82) is 0 Å². The van der Waals surface area contributed by atoms with Gasteiger partial charge in [-0.1, -0.05) is 36.4 Å². The number of nitro benzene ring substituents is 1. The second-order valence-electron chi connectivity index (χ2n) is 5.27. The van der Waals surface area contributed by atoms with E-state index in [1.54, 1.807) is 24.3 Å². The first-order valence-electron chi connectivity index (χ1n) is 7.55. The van der Waals surface area contributed by atoms with Crippen molar-refractivity contribution in [2.45, 2.75) is 4.90 Å². The lowest BCUT2D eigenvalue weighted by Gasteiger charge is -2.10. The molecule has 26 heavy (non-hydrogen) atoms. The number of nitrogens with one attached hydrogen (secondary N) is 1. The van der Waals surface area contributed by atoms with E-state index in [1.807, 2.05) is 18.2 Å². The van der Waals surface area contributed by atoms with Crippen LogP contribution in [0, 0.1) is 10.1 Å². The Morgan fingerprint density at radius 1 is 0.846 bits per heavy atom. The third-order valence-electron chi connectivity index (χ3n) is 3.42. The summed E-state index contributed by atoms with van der Waals surface area (Å²) in [6.45, 7) is 0. The minimum atomic E-state index is -4.13. The van der Waals surface area contributed by atoms with Gasteiger partial charge in [0.05, 0.1) is 10.6 Å². The van der Waals surface area contributed by atoms with Gasteiger partial charge in [0.15, 0.2) is 4.90 Å². The predicted octanol–water partition coefficient (Wildman–Crippen LogP) is 4.19. The van der Waals surface area contributed by atoms with Crippen molar-refractivity contribution in [2.24, 2.45) is 0 Å². The molecule has 0 bridgehead atoms. The lowest BCUT2D eigenvalue weighted by atomic mass is 10.3. The molecule has 1 N–H and O–H groups in total. The molecule has 3 aromatic carbocycles. The molecule has 0 fully saturated rings. The summed E-state index contributed by atoms with van der Waals surface area (Å²) in [5.74, 6) is 1.03. The number of hydrogen-bond donors (Lipinski definition) is 1. The molecule has 0 aromatic heterocycles. The summed E-state index contributed by atoms with van der Waals surface area (Å²) < 4.78 is 33.1. The number of hydrogen-bond acceptors (Lipinski definition) is 5. The SMILES string of the molecule is O=[N+]([O-])c1ccccc1S(=O)(=O)Nc1cccc(Oc2ccccc2)c1. The molecule has 0 atom stereocenters. The fourth-order valence-electron chi connectivity index (χ4n) is 2.29. The van der Waals surface area contributed by atoms with Crippen molar-refractivity contribution in [3.05, 3.63) is 89.0 Å². The molecule has 7 nitrogen and oxygen atoms in total. The quantitative estimate of drug-likeness (QED) is 0.518. The molecule has 0 aliphatic carbocycles. The van der Waals surface area contributed by atoms with Gasteiger partial charge in [0.2, 0.25) is 0 Å². The highest BCUT2D eigenvalue weighted by Crippen LogP contribution is 2.28. The molecule has 0 heterocycles. The largest absolute Gasteiger partial charge is 0.457 e. The molecule has 8 heteroatoms. The maximum Gasteiger partial charge on any atom is 0.289 e. The van der Waals surface area contributed by atoms with Crippen LogP contribution in [0.2, 0.25) is 0 Å². The van der Waals surface area contributed by atoms with Crippen molar-refractivity contribution in [2.75, 3.05) is 4.72 Å². The predicted molar refractivity (Wildman–Crippen MR) is 96.9 cm³/mol. The van der Waals surface area contributed by atoms with Crippen LogP contribution >= 0.6 is 0 Å². The molecular weight excluding hydrogens is 356 g/mol. The Labute approximate surface area is 150 Å². The number of rotatable bonds is 6. The van der Waals surface area contributed by atoms with Crippen LogP contribution in [-0.2, 0) is 10.0 Å². The van der Waals surface area contributed by atoms with E-state index in [9.17, 15) is 18.5 Å². The molecule has 3 aromatic rings. The third-order valence-corrected chi connectivity index (χ3v) is 4.85. The van der Waals surface area contributed by atoms with Crippen LogP contribution in [0.15, 0.2) is 83.8 Å². The summed E-state index contributed by atoms with van der Waals surface area (Å²) >= 11 is 0. The van der Waals surface area contributed by atoms with Gasteiger partial charge in [-0.2, -0.15) is 0 Å². The first kappa shape index (κ1) is 17.4. The molecule has 0 saturated carbocycles. The molecule has 0 spiro atoms. The zero-order valence-electron chi connectivity index (χ0n) is 13.4. The van der Waals surface area contributed by atoms with E-state index >= 15 is 0 Å². The Morgan fingerprint density at radius 3 is 2.23 bits per heavy atom. The van der Waals surface area contributed by atoms with Crippen molar-refractivity contribution >= 4 is 21.4 Å². The highest BCUT2D eigenvalue weighted by molar-refractivity contribution is 7.92. The zero-order valence-corrected chi connectivity index (χ0v) is 14.2. The van der Waals surface area contributed by atoms with Gasteiger partial charge in [-0.15, -0.1) is 0 Å². The maximum atomic E-state index is 12.5. The van der Waals surface area contributed by atoms with Gasteiger partial charge >= 0.3 is 0 Å². The number of nitrogens with zero attached hydrogens (tertiary/aromatic N) is 1. The molecule has 0 radical (unpaired) electrons. The molecular formula is C18H14N2O5S. The number of para-hydroxylation sites is 2. The van der Waals surface area contributed by atoms with Gasteiger partial charge in [0.1, 0.15) is 11.5 Å². The van der Waals surface area contributed by atoms with Gasteiger partial charge in [-0.3, -0.25) is 14.8 Å². The van der Waals surface area contributed by atoms with Crippen LogP contribution < -0.4 is 9.46 Å². The molecule has 132 valence electrons. The first-order valence-corrected chi connectivity index (χ1v) is 9.03. The highest BCUT2D eigenvalue weighted by Gasteiger charge is 2.25. The summed E-state index contributed by atoms with van der Waals surface area (Å²) in [6, 6.07) is 20.5. The van der Waals surface area contributed by atoms with E-state index < -0.39 is 25.5 Å². The Bertz CT molecular complexity index is 1040. The fourth-order valence-corrected chi connectivity index (χ4v) is 3.52. The molecule has 3 rings (SSSR count). The highest BCUT2D eigenvalue weighted by atomic mass is 32.2. The van der Waals surface area contributed by atoms with Gasteiger partial charge in [-0.25, -0.2) is 8.42 Å². The van der Waals surface area contributed by atoms with Crippen LogP contribution in [0.5, 0.6) is 11.5 Å². The van der Waals surface area contributed by atoms with Gasteiger partial charge in [0, 0.05) is 12.1 Å². The van der Waals surface area contributed by atoms with Gasteiger partial charge < -0.3 is 4.74 Å². The summed E-state index contributed by atoms with van der Waals surface area (Å²) in [5.41, 5.74) is -0.256. The average Bonchev–Trinajstić information content (AvgIpc) is 2.62. The normalized spacial score (nSPS) is 10.9. The van der Waals surface area contributed by atoms with Crippen LogP contribution in [0.1, 0.15) is 0 Å². The molecule has 0 aliphatic heterocycles. The summed E-state index contributed by atoms with van der Waals surface area (Å²) in [7, 11) is -4.13. The second kappa shape index (κ2) is 7.24. The van der Waals surface area contributed by atoms with Crippen LogP contribution in [-0.4, -0.2) is 13.3 Å². The smallest absolute Gasteiger partial charge is 0.289 e. The standard InChI is InChI=1S/C18H14N2O5S/c21-20(22)17-11-4-5-12-18(17)26(23,24)19-14-7-6-10-16(13-14)25-15-8-2-1-3-9-15/h1-13,19H. The lowest BCUT2D eigenvalue weighted by Crippen LogP contribution is -2.14. The average molecular weight is 370 g/mol. The second-order valence-corrected chi connectivity index (χ2v) is 6.92. The molecule has 0 amide bonds. The van der Waals surface area contributed by atoms with Gasteiger partial charge in [-0.05, 0) is 30.3 Å². The Balaban J connectivity index is 1.87. The van der Waals surface area contributed by atoms with Crippen LogP contribution in [0.3, 0.4) is 0 Å². The Kier molecular flexibility index (Phi) is 4.85.